The van der Waals surface area contributed by atoms with E-state index in [2.05, 4.69) is 5.10 Å². The average molecular weight is 166 g/mol. The number of aromatic nitrogens is 2. The first-order chi connectivity index (χ1) is 5.68. The molecule has 1 fully saturated rings. The third-order valence-corrected chi connectivity index (χ3v) is 2.15. The van der Waals surface area contributed by atoms with Gasteiger partial charge < -0.3 is 10.0 Å². The molecule has 0 aromatic carbocycles. The molecule has 2 rings (SSSR count). The van der Waals surface area contributed by atoms with E-state index in [0.717, 1.165) is 12.8 Å². The smallest absolute Gasteiger partial charge is 0.423 e. The second-order valence-electron chi connectivity index (χ2n) is 3.25. The molecule has 0 saturated heterocycles. The van der Waals surface area contributed by atoms with Crippen LogP contribution in [0.3, 0.4) is 0 Å². The van der Waals surface area contributed by atoms with Crippen LogP contribution in [0.5, 0.6) is 0 Å². The molecule has 0 spiro atoms. The fourth-order valence-corrected chi connectivity index (χ4v) is 1.28. The van der Waals surface area contributed by atoms with Gasteiger partial charge in [0, 0.05) is 11.7 Å². The van der Waals surface area contributed by atoms with Crippen LogP contribution in [0.2, 0.25) is 0 Å². The second-order valence-corrected chi connectivity index (χ2v) is 3.25. The van der Waals surface area contributed by atoms with Crippen LogP contribution in [0, 0.1) is 6.92 Å². The third-order valence-electron chi connectivity index (χ3n) is 2.15. The largest absolute Gasteiger partial charge is 0.491 e. The molecule has 1 aliphatic rings. The first-order valence-corrected chi connectivity index (χ1v) is 4.10. The highest BCUT2D eigenvalue weighted by Gasteiger charge is 2.27. The highest BCUT2D eigenvalue weighted by molar-refractivity contribution is 6.59. The highest BCUT2D eigenvalue weighted by Crippen LogP contribution is 2.33. The van der Waals surface area contributed by atoms with E-state index >= 15 is 0 Å². The van der Waals surface area contributed by atoms with Crippen LogP contribution in [0.1, 0.15) is 24.6 Å². The summed E-state index contributed by atoms with van der Waals surface area (Å²) in [4.78, 5) is 0. The summed E-state index contributed by atoms with van der Waals surface area (Å²) < 4.78 is 1.82. The number of nitrogens with zero attached hydrogens (tertiary/aromatic N) is 2. The van der Waals surface area contributed by atoms with Crippen LogP contribution >= 0.6 is 0 Å². The highest BCUT2D eigenvalue weighted by atomic mass is 16.4. The van der Waals surface area contributed by atoms with Gasteiger partial charge in [0.1, 0.15) is 0 Å². The van der Waals surface area contributed by atoms with E-state index in [-0.39, 0.29) is 0 Å². The van der Waals surface area contributed by atoms with Crippen LogP contribution in [-0.4, -0.2) is 26.9 Å². The van der Waals surface area contributed by atoms with Crippen LogP contribution in [0.25, 0.3) is 0 Å². The summed E-state index contributed by atoms with van der Waals surface area (Å²) in [5, 5.41) is 22.0. The Balaban J connectivity index is 2.30. The zero-order chi connectivity index (χ0) is 8.72. The lowest BCUT2D eigenvalue weighted by atomic mass is 9.81. The minimum Gasteiger partial charge on any atom is -0.423 e. The van der Waals surface area contributed by atoms with Crippen molar-refractivity contribution in [1.29, 1.82) is 0 Å². The molecule has 1 aliphatic carbocycles. The number of rotatable bonds is 2. The van der Waals surface area contributed by atoms with Gasteiger partial charge in [0.25, 0.3) is 0 Å². The summed E-state index contributed by atoms with van der Waals surface area (Å²) in [7, 11) is -1.39. The van der Waals surface area contributed by atoms with Gasteiger partial charge in [0.05, 0.1) is 11.7 Å². The van der Waals surface area contributed by atoms with E-state index in [1.165, 1.54) is 0 Å². The van der Waals surface area contributed by atoms with Gasteiger partial charge in [-0.2, -0.15) is 5.10 Å². The molecule has 1 aromatic rings. The molecule has 4 nitrogen and oxygen atoms in total. The summed E-state index contributed by atoms with van der Waals surface area (Å²) in [6.07, 6.45) is 4.03. The predicted molar refractivity (Wildman–Crippen MR) is 45.1 cm³/mol. The minimum atomic E-state index is -1.39. The minimum absolute atomic E-state index is 0.496. The molecule has 0 aliphatic heterocycles. The Morgan fingerprint density at radius 3 is 2.67 bits per heavy atom. The zero-order valence-corrected chi connectivity index (χ0v) is 6.94. The van der Waals surface area contributed by atoms with Crippen molar-refractivity contribution in [2.75, 3.05) is 0 Å². The molecule has 12 heavy (non-hydrogen) atoms. The molecule has 0 atom stereocenters. The molecule has 2 N–H and O–H groups in total. The van der Waals surface area contributed by atoms with Crippen molar-refractivity contribution in [3.05, 3.63) is 11.9 Å². The molecule has 0 radical (unpaired) electrons. The van der Waals surface area contributed by atoms with E-state index in [1.54, 1.807) is 13.1 Å². The number of hydrogen-bond acceptors (Lipinski definition) is 3. The van der Waals surface area contributed by atoms with Gasteiger partial charge in [-0.05, 0) is 19.8 Å². The van der Waals surface area contributed by atoms with Crippen molar-refractivity contribution >= 4 is 12.6 Å². The molecular formula is C7H11BN2O2. The van der Waals surface area contributed by atoms with Gasteiger partial charge in [-0.15, -0.1) is 0 Å². The molecular weight excluding hydrogens is 155 g/mol. The van der Waals surface area contributed by atoms with Crippen molar-refractivity contribution in [3.8, 4) is 0 Å². The van der Waals surface area contributed by atoms with Gasteiger partial charge in [-0.1, -0.05) is 0 Å². The van der Waals surface area contributed by atoms with Gasteiger partial charge >= 0.3 is 7.12 Å². The van der Waals surface area contributed by atoms with E-state index in [4.69, 9.17) is 10.0 Å². The summed E-state index contributed by atoms with van der Waals surface area (Å²) in [5.41, 5.74) is 1.22. The van der Waals surface area contributed by atoms with E-state index in [0.29, 0.717) is 17.2 Å². The van der Waals surface area contributed by atoms with Crippen LogP contribution in [0.15, 0.2) is 6.20 Å². The maximum absolute atomic E-state index is 8.92. The van der Waals surface area contributed by atoms with Crippen LogP contribution in [0.4, 0.5) is 0 Å². The average Bonchev–Trinajstić information content (AvgIpc) is 2.75. The van der Waals surface area contributed by atoms with Crippen LogP contribution in [-0.2, 0) is 0 Å². The molecule has 64 valence electrons. The lowest BCUT2D eigenvalue weighted by Crippen LogP contribution is -2.30. The Bertz CT molecular complexity index is 294. The quantitative estimate of drug-likeness (QED) is 0.565. The Labute approximate surface area is 71.0 Å². The topological polar surface area (TPSA) is 58.3 Å². The van der Waals surface area contributed by atoms with Crippen molar-refractivity contribution in [2.45, 2.75) is 25.8 Å². The molecule has 0 unspecified atom stereocenters. The summed E-state index contributed by atoms with van der Waals surface area (Å²) in [6, 6.07) is 0.496. The monoisotopic (exact) mass is 166 g/mol. The molecule has 5 heteroatoms. The zero-order valence-electron chi connectivity index (χ0n) is 6.94. The molecule has 1 aromatic heterocycles. The summed E-state index contributed by atoms with van der Waals surface area (Å²) in [6.45, 7) is 1.79. The van der Waals surface area contributed by atoms with Gasteiger partial charge in [0.15, 0.2) is 0 Å². The first kappa shape index (κ1) is 7.82. The molecule has 0 bridgehead atoms. The SMILES string of the molecule is Cc1nn(C2CC2)cc1B(O)O. The Hall–Kier alpha value is -0.805. The van der Waals surface area contributed by atoms with Gasteiger partial charge in [0.2, 0.25) is 0 Å². The normalized spacial score (nSPS) is 16.6. The summed E-state index contributed by atoms with van der Waals surface area (Å²) in [5.74, 6) is 0. The summed E-state index contributed by atoms with van der Waals surface area (Å²) >= 11 is 0. The van der Waals surface area contributed by atoms with Crippen molar-refractivity contribution < 1.29 is 10.0 Å². The number of aryl methyl sites for hydroxylation is 1. The third kappa shape index (κ3) is 1.25. The molecule has 0 amide bonds. The first-order valence-electron chi connectivity index (χ1n) is 4.10. The standard InChI is InChI=1S/C7H11BN2O2/c1-5-7(8(11)12)4-10(9-5)6-2-3-6/h4,6,11-12H,2-3H2,1H3. The fourth-order valence-electron chi connectivity index (χ4n) is 1.28. The van der Waals surface area contributed by atoms with Gasteiger partial charge in [-0.3, -0.25) is 4.68 Å². The van der Waals surface area contributed by atoms with Crippen molar-refractivity contribution in [3.63, 3.8) is 0 Å². The predicted octanol–water partition coefficient (Wildman–Crippen LogP) is -0.794. The van der Waals surface area contributed by atoms with E-state index in [9.17, 15) is 0 Å². The lowest BCUT2D eigenvalue weighted by Gasteiger charge is -1.93. The maximum atomic E-state index is 8.92. The van der Waals surface area contributed by atoms with E-state index < -0.39 is 7.12 Å². The van der Waals surface area contributed by atoms with Crippen LogP contribution < -0.4 is 5.46 Å². The Morgan fingerprint density at radius 1 is 1.58 bits per heavy atom. The van der Waals surface area contributed by atoms with E-state index in [1.807, 2.05) is 4.68 Å². The molecule has 1 heterocycles. The lowest BCUT2D eigenvalue weighted by molar-refractivity contribution is 0.425. The van der Waals surface area contributed by atoms with Crippen molar-refractivity contribution in [2.24, 2.45) is 0 Å². The Kier molecular flexibility index (Phi) is 1.70. The molecule has 1 saturated carbocycles. The number of hydrogen-bond donors (Lipinski definition) is 2. The Morgan fingerprint density at radius 2 is 2.25 bits per heavy atom. The van der Waals surface area contributed by atoms with Gasteiger partial charge in [-0.25, -0.2) is 0 Å². The fraction of sp³-hybridized carbons (Fsp3) is 0.571. The van der Waals surface area contributed by atoms with Crippen molar-refractivity contribution in [1.82, 2.24) is 9.78 Å². The second kappa shape index (κ2) is 2.60. The maximum Gasteiger partial charge on any atom is 0.491 e.